The molecule has 4 aliphatic rings. The molecular formula is C68H96N8O4. The molecule has 4 aromatic heterocycles. The molecule has 0 amide bonds. The number of nitrogens with zero attached hydrogens (tertiary/aromatic N) is 8. The average Bonchev–Trinajstić information content (AvgIpc) is 4.23. The van der Waals surface area contributed by atoms with Gasteiger partial charge in [0.15, 0.2) is 0 Å². The fraction of sp³-hybridized carbons (Fsp3) is 0.588. The molecule has 0 radical (unpaired) electrons. The van der Waals surface area contributed by atoms with Crippen LogP contribution in [0, 0.1) is 27.7 Å². The van der Waals surface area contributed by atoms with Crippen molar-refractivity contribution in [2.75, 3.05) is 0 Å². The molecule has 4 aromatic carbocycles. The van der Waals surface area contributed by atoms with Crippen molar-refractivity contribution in [3.05, 3.63) is 118 Å². The van der Waals surface area contributed by atoms with Crippen LogP contribution in [0.4, 0.5) is 0 Å². The van der Waals surface area contributed by atoms with Gasteiger partial charge in [0.2, 0.25) is 0 Å². The summed E-state index contributed by atoms with van der Waals surface area (Å²) in [6.45, 7) is 26.5. The number of aromatic nitrogens is 8. The van der Waals surface area contributed by atoms with E-state index in [2.05, 4.69) is 175 Å². The Kier molecular flexibility index (Phi) is 19.1. The molecule has 4 heterocycles. The summed E-state index contributed by atoms with van der Waals surface area (Å²) in [4.78, 5) is 0. The summed E-state index contributed by atoms with van der Waals surface area (Å²) >= 11 is 0. The topological polar surface area (TPSA) is 152 Å². The van der Waals surface area contributed by atoms with E-state index in [0.29, 0.717) is 47.8 Å². The summed E-state index contributed by atoms with van der Waals surface area (Å²) in [6.07, 6.45) is 24.0. The minimum Gasteiger partial charge on any atom is -0.393 e. The fourth-order valence-corrected chi connectivity index (χ4v) is 13.6. The van der Waals surface area contributed by atoms with E-state index < -0.39 is 0 Å². The van der Waals surface area contributed by atoms with Crippen molar-refractivity contribution in [3.8, 4) is 0 Å². The quantitative estimate of drug-likeness (QED) is 0.117. The van der Waals surface area contributed by atoms with Crippen molar-refractivity contribution in [3.63, 3.8) is 0 Å². The van der Waals surface area contributed by atoms with Gasteiger partial charge in [0.05, 0.1) is 70.7 Å². The highest BCUT2D eigenvalue weighted by Crippen LogP contribution is 2.36. The van der Waals surface area contributed by atoms with Gasteiger partial charge < -0.3 is 20.4 Å². The largest absolute Gasteiger partial charge is 0.393 e. The molecule has 12 rings (SSSR count). The Morgan fingerprint density at radius 1 is 0.325 bits per heavy atom. The summed E-state index contributed by atoms with van der Waals surface area (Å²) in [5.74, 6) is 2.16. The normalized spacial score (nSPS) is 23.6. The fourth-order valence-electron chi connectivity index (χ4n) is 13.6. The molecule has 4 N–H and O–H groups in total. The first-order valence-corrected chi connectivity index (χ1v) is 30.9. The summed E-state index contributed by atoms with van der Waals surface area (Å²) in [7, 11) is 0. The van der Waals surface area contributed by atoms with Crippen LogP contribution in [0.1, 0.15) is 250 Å². The van der Waals surface area contributed by atoms with Gasteiger partial charge in [-0.05, 0) is 247 Å². The van der Waals surface area contributed by atoms with Crippen molar-refractivity contribution in [2.24, 2.45) is 0 Å². The van der Waals surface area contributed by atoms with Crippen LogP contribution < -0.4 is 0 Å². The Bertz CT molecular complexity index is 2900. The number of aryl methyl sites for hydroxylation is 4. The lowest BCUT2D eigenvalue weighted by Gasteiger charge is -2.25. The van der Waals surface area contributed by atoms with E-state index in [1.54, 1.807) is 0 Å². The molecule has 80 heavy (non-hydrogen) atoms. The van der Waals surface area contributed by atoms with Crippen molar-refractivity contribution in [1.82, 2.24) is 39.1 Å². The molecule has 4 aliphatic carbocycles. The Morgan fingerprint density at radius 2 is 0.525 bits per heavy atom. The third-order valence-electron chi connectivity index (χ3n) is 18.1. The molecule has 4 fully saturated rings. The second-order valence-corrected chi connectivity index (χ2v) is 26.0. The monoisotopic (exact) mass is 1090 g/mol. The standard InChI is InChI=1S/4C17H24N2O/c4*1-11(2)16-8-13-10-19(18-17(13)7-12(16)3)14-5-4-6-15(20)9-14/h4*7-8,10-11,14-15,20H,4-6,9H2,1-3H3/t2*14-,15+;2*14-,15-/m1010/s1. The van der Waals surface area contributed by atoms with Crippen molar-refractivity contribution >= 4 is 43.6 Å². The van der Waals surface area contributed by atoms with Crippen LogP contribution >= 0.6 is 0 Å². The molecular weight excluding hydrogens is 993 g/mol. The summed E-state index contributed by atoms with van der Waals surface area (Å²) in [5.41, 5.74) is 15.2. The van der Waals surface area contributed by atoms with Crippen molar-refractivity contribution in [1.29, 1.82) is 0 Å². The predicted molar refractivity (Wildman–Crippen MR) is 328 cm³/mol. The van der Waals surface area contributed by atoms with E-state index in [1.807, 2.05) is 0 Å². The number of hydrogen-bond donors (Lipinski definition) is 4. The lowest BCUT2D eigenvalue weighted by Crippen LogP contribution is -2.22. The van der Waals surface area contributed by atoms with E-state index in [1.165, 1.54) is 66.1 Å². The van der Waals surface area contributed by atoms with E-state index >= 15 is 0 Å². The van der Waals surface area contributed by atoms with Gasteiger partial charge in [-0.15, -0.1) is 0 Å². The first kappa shape index (κ1) is 59.2. The zero-order chi connectivity index (χ0) is 57.1. The van der Waals surface area contributed by atoms with Crippen LogP contribution in [-0.2, 0) is 0 Å². The first-order chi connectivity index (χ1) is 38.2. The van der Waals surface area contributed by atoms with Gasteiger partial charge in [0.1, 0.15) is 0 Å². The molecule has 0 aliphatic heterocycles. The highest BCUT2D eigenvalue weighted by Gasteiger charge is 2.27. The van der Waals surface area contributed by atoms with E-state index in [-0.39, 0.29) is 24.4 Å². The molecule has 432 valence electrons. The van der Waals surface area contributed by atoms with Crippen LogP contribution in [0.2, 0.25) is 0 Å². The third-order valence-corrected chi connectivity index (χ3v) is 18.1. The summed E-state index contributed by atoms with van der Waals surface area (Å²) in [6, 6.07) is 19.3. The first-order valence-electron chi connectivity index (χ1n) is 30.9. The Labute approximate surface area is 477 Å². The summed E-state index contributed by atoms with van der Waals surface area (Å²) in [5, 5.41) is 63.2. The smallest absolute Gasteiger partial charge is 0.0926 e. The van der Waals surface area contributed by atoms with Crippen LogP contribution in [0.25, 0.3) is 43.6 Å². The van der Waals surface area contributed by atoms with Crippen LogP contribution in [0.15, 0.2) is 73.3 Å². The van der Waals surface area contributed by atoms with Gasteiger partial charge in [-0.2, -0.15) is 20.4 Å². The number of aliphatic hydroxyl groups is 4. The maximum Gasteiger partial charge on any atom is 0.0926 e. The number of fused-ring (bicyclic) bond motifs is 4. The number of benzene rings is 4. The van der Waals surface area contributed by atoms with Gasteiger partial charge in [-0.1, -0.05) is 55.4 Å². The van der Waals surface area contributed by atoms with Gasteiger partial charge in [-0.3, -0.25) is 18.7 Å². The Morgan fingerprint density at radius 3 is 0.700 bits per heavy atom. The lowest BCUT2D eigenvalue weighted by atomic mass is 9.93. The number of rotatable bonds is 8. The number of hydrogen-bond acceptors (Lipinski definition) is 8. The maximum absolute atomic E-state index is 9.84. The maximum atomic E-state index is 9.84. The molecule has 0 unspecified atom stereocenters. The second kappa shape index (κ2) is 25.8. The molecule has 0 bridgehead atoms. The molecule has 12 nitrogen and oxygen atoms in total. The van der Waals surface area contributed by atoms with Gasteiger partial charge in [0.25, 0.3) is 0 Å². The minimum absolute atomic E-state index is 0.158. The SMILES string of the molecule is Cc1cc2nn([C@@H]3CCC[C@@H](O)C3)cc2cc1C(C)C.Cc1cc2nn([C@@H]3CCC[C@H](O)C3)cc2cc1C(C)C.Cc1cc2nn([C@H]3CCC[C@@H](O)C3)cc2cc1C(C)C.Cc1cc2nn([C@H]3CCC[C@H](O)C3)cc2cc1C(C)C. The van der Waals surface area contributed by atoms with E-state index in [4.69, 9.17) is 20.4 Å². The molecule has 0 spiro atoms. The van der Waals surface area contributed by atoms with Crippen molar-refractivity contribution in [2.45, 2.75) is 258 Å². The highest BCUT2D eigenvalue weighted by atomic mass is 16.3. The minimum atomic E-state index is -0.158. The van der Waals surface area contributed by atoms with Gasteiger partial charge in [0, 0.05) is 46.3 Å². The number of aliphatic hydroxyl groups excluding tert-OH is 4. The zero-order valence-corrected chi connectivity index (χ0v) is 50.5. The third kappa shape index (κ3) is 14.1. The summed E-state index contributed by atoms with van der Waals surface area (Å²) < 4.78 is 8.32. The van der Waals surface area contributed by atoms with Gasteiger partial charge >= 0.3 is 0 Å². The lowest BCUT2D eigenvalue weighted by molar-refractivity contribution is 0.100. The molecule has 4 saturated carbocycles. The highest BCUT2D eigenvalue weighted by molar-refractivity contribution is 5.82. The second-order valence-electron chi connectivity index (χ2n) is 26.0. The van der Waals surface area contributed by atoms with Gasteiger partial charge in [-0.25, -0.2) is 0 Å². The molecule has 12 heteroatoms. The van der Waals surface area contributed by atoms with Crippen LogP contribution in [0.5, 0.6) is 0 Å². The Hall–Kier alpha value is -5.40. The molecule has 8 atom stereocenters. The zero-order valence-electron chi connectivity index (χ0n) is 50.5. The Balaban J connectivity index is 0.000000129. The van der Waals surface area contributed by atoms with E-state index in [0.717, 1.165) is 125 Å². The van der Waals surface area contributed by atoms with Crippen molar-refractivity contribution < 1.29 is 20.4 Å². The van der Waals surface area contributed by atoms with E-state index in [9.17, 15) is 20.4 Å². The predicted octanol–water partition coefficient (Wildman–Crippen LogP) is 15.8. The molecule has 8 aromatic rings. The average molecular weight is 1090 g/mol. The molecule has 0 saturated heterocycles. The van der Waals surface area contributed by atoms with Crippen LogP contribution in [0.3, 0.4) is 0 Å². The van der Waals surface area contributed by atoms with Crippen LogP contribution in [-0.4, -0.2) is 84.0 Å².